The first-order chi connectivity index (χ1) is 11.3. The molecular weight excluding hydrogens is 294 g/mol. The average Bonchev–Trinajstić information content (AvgIpc) is 3.20. The van der Waals surface area contributed by atoms with E-state index in [9.17, 15) is 4.79 Å². The van der Waals surface area contributed by atoms with E-state index < -0.39 is 0 Å². The fraction of sp³-hybridized carbons (Fsp3) is 0.438. The first kappa shape index (κ1) is 15.3. The number of hydrogen-bond donors (Lipinski definition) is 2. The minimum Gasteiger partial charge on any atom is -0.424 e. The molecule has 7 nitrogen and oxygen atoms in total. The van der Waals surface area contributed by atoms with Crippen LogP contribution in [0.25, 0.3) is 11.1 Å². The highest BCUT2D eigenvalue weighted by atomic mass is 16.4. The standard InChI is InChI=1S/C16H19N5O2/c17-10-12-4-3-9-21(12)15(22)11-18-7-8-19-16-20-13-5-1-2-6-14(13)23-16/h1-2,5-6,12,18H,3-4,7-9,11H2,(H,19,20). The highest BCUT2D eigenvalue weighted by Crippen LogP contribution is 2.17. The van der Waals surface area contributed by atoms with E-state index in [0.29, 0.717) is 25.6 Å². The number of fused-ring (bicyclic) bond motifs is 1. The molecule has 0 aliphatic carbocycles. The van der Waals surface area contributed by atoms with Gasteiger partial charge in [0.2, 0.25) is 5.91 Å². The summed E-state index contributed by atoms with van der Waals surface area (Å²) in [5, 5.41) is 15.1. The molecule has 3 rings (SSSR count). The zero-order valence-electron chi connectivity index (χ0n) is 12.8. The molecular formula is C16H19N5O2. The van der Waals surface area contributed by atoms with Crippen molar-refractivity contribution in [2.75, 3.05) is 31.5 Å². The lowest BCUT2D eigenvalue weighted by molar-refractivity contribution is -0.130. The van der Waals surface area contributed by atoms with Crippen molar-refractivity contribution in [3.63, 3.8) is 0 Å². The lowest BCUT2D eigenvalue weighted by Crippen LogP contribution is -2.41. The van der Waals surface area contributed by atoms with Crippen molar-refractivity contribution in [1.29, 1.82) is 5.26 Å². The number of nitriles is 1. The molecule has 7 heteroatoms. The zero-order chi connectivity index (χ0) is 16.1. The molecule has 1 unspecified atom stereocenters. The number of hydrogen-bond acceptors (Lipinski definition) is 6. The van der Waals surface area contributed by atoms with E-state index in [0.717, 1.165) is 23.9 Å². The second-order valence-corrected chi connectivity index (χ2v) is 5.46. The molecule has 1 fully saturated rings. The Morgan fingerprint density at radius 2 is 2.30 bits per heavy atom. The summed E-state index contributed by atoms with van der Waals surface area (Å²) < 4.78 is 5.54. The molecule has 2 aromatic rings. The van der Waals surface area contributed by atoms with Crippen LogP contribution in [0.3, 0.4) is 0 Å². The van der Waals surface area contributed by atoms with Crippen LogP contribution in [0.1, 0.15) is 12.8 Å². The maximum Gasteiger partial charge on any atom is 0.295 e. The van der Waals surface area contributed by atoms with Gasteiger partial charge in [0.25, 0.3) is 6.01 Å². The molecule has 1 saturated heterocycles. The van der Waals surface area contributed by atoms with Crippen LogP contribution in [-0.4, -0.2) is 48.0 Å². The third-order valence-corrected chi connectivity index (χ3v) is 3.87. The predicted molar refractivity (Wildman–Crippen MR) is 85.7 cm³/mol. The van der Waals surface area contributed by atoms with E-state index in [2.05, 4.69) is 21.7 Å². The van der Waals surface area contributed by atoms with Gasteiger partial charge in [-0.05, 0) is 25.0 Å². The van der Waals surface area contributed by atoms with Crippen molar-refractivity contribution in [2.24, 2.45) is 0 Å². The molecule has 1 amide bonds. The average molecular weight is 313 g/mol. The van der Waals surface area contributed by atoms with Crippen LogP contribution < -0.4 is 10.6 Å². The number of amides is 1. The summed E-state index contributed by atoms with van der Waals surface area (Å²) in [7, 11) is 0. The van der Waals surface area contributed by atoms with Crippen LogP contribution in [-0.2, 0) is 4.79 Å². The van der Waals surface area contributed by atoms with Crippen LogP contribution >= 0.6 is 0 Å². The van der Waals surface area contributed by atoms with E-state index in [1.54, 1.807) is 4.90 Å². The number of nitrogens with one attached hydrogen (secondary N) is 2. The first-order valence-electron chi connectivity index (χ1n) is 7.77. The summed E-state index contributed by atoms with van der Waals surface area (Å²) in [6.07, 6.45) is 1.69. The van der Waals surface area contributed by atoms with Gasteiger partial charge in [-0.15, -0.1) is 0 Å². The SMILES string of the molecule is N#CC1CCCN1C(=O)CNCCNc1nc2ccccc2o1. The summed E-state index contributed by atoms with van der Waals surface area (Å²) in [5.74, 6) is -0.0177. The Hall–Kier alpha value is -2.59. The molecule has 1 aromatic carbocycles. The number of aromatic nitrogens is 1. The first-order valence-corrected chi connectivity index (χ1v) is 7.77. The molecule has 1 aromatic heterocycles. The molecule has 1 aliphatic rings. The normalized spacial score (nSPS) is 17.3. The molecule has 2 heterocycles. The van der Waals surface area contributed by atoms with Crippen LogP contribution in [0, 0.1) is 11.3 Å². The number of para-hydroxylation sites is 2. The second-order valence-electron chi connectivity index (χ2n) is 5.46. The van der Waals surface area contributed by atoms with Crippen molar-refractivity contribution in [1.82, 2.24) is 15.2 Å². The number of carbonyl (C=O) groups excluding carboxylic acids is 1. The van der Waals surface area contributed by atoms with Crippen molar-refractivity contribution >= 4 is 23.0 Å². The second kappa shape index (κ2) is 7.11. The van der Waals surface area contributed by atoms with Crippen LogP contribution in [0.15, 0.2) is 28.7 Å². The number of nitrogens with zero attached hydrogens (tertiary/aromatic N) is 3. The largest absolute Gasteiger partial charge is 0.424 e. The maximum atomic E-state index is 12.0. The van der Waals surface area contributed by atoms with Gasteiger partial charge >= 0.3 is 0 Å². The smallest absolute Gasteiger partial charge is 0.295 e. The minimum atomic E-state index is -0.262. The number of rotatable bonds is 6. The van der Waals surface area contributed by atoms with E-state index in [4.69, 9.17) is 9.68 Å². The molecule has 120 valence electrons. The Labute approximate surface area is 134 Å². The van der Waals surface area contributed by atoms with Gasteiger partial charge < -0.3 is 20.0 Å². The number of likely N-dealkylation sites (tertiary alicyclic amines) is 1. The predicted octanol–water partition coefficient (Wildman–Crippen LogP) is 1.34. The van der Waals surface area contributed by atoms with Crippen molar-refractivity contribution in [2.45, 2.75) is 18.9 Å². The molecule has 0 spiro atoms. The van der Waals surface area contributed by atoms with Gasteiger partial charge in [-0.1, -0.05) is 12.1 Å². The molecule has 1 aliphatic heterocycles. The molecule has 0 radical (unpaired) electrons. The molecule has 0 bridgehead atoms. The van der Waals surface area contributed by atoms with Gasteiger partial charge in [-0.3, -0.25) is 4.79 Å². The fourth-order valence-electron chi connectivity index (χ4n) is 2.70. The summed E-state index contributed by atoms with van der Waals surface area (Å²) in [4.78, 5) is 18.0. The van der Waals surface area contributed by atoms with Crippen LogP contribution in [0.4, 0.5) is 6.01 Å². The van der Waals surface area contributed by atoms with Crippen LogP contribution in [0.2, 0.25) is 0 Å². The summed E-state index contributed by atoms with van der Waals surface area (Å²) >= 11 is 0. The summed E-state index contributed by atoms with van der Waals surface area (Å²) in [5.41, 5.74) is 1.56. The summed E-state index contributed by atoms with van der Waals surface area (Å²) in [6, 6.07) is 9.96. The molecule has 0 saturated carbocycles. The van der Waals surface area contributed by atoms with E-state index >= 15 is 0 Å². The number of oxazole rings is 1. The monoisotopic (exact) mass is 313 g/mol. The van der Waals surface area contributed by atoms with Gasteiger partial charge in [0.05, 0.1) is 12.6 Å². The molecule has 23 heavy (non-hydrogen) atoms. The highest BCUT2D eigenvalue weighted by Gasteiger charge is 2.27. The van der Waals surface area contributed by atoms with E-state index in [1.807, 2.05) is 24.3 Å². The zero-order valence-corrected chi connectivity index (χ0v) is 12.8. The minimum absolute atomic E-state index is 0.0177. The highest BCUT2D eigenvalue weighted by molar-refractivity contribution is 5.79. The Kier molecular flexibility index (Phi) is 4.74. The van der Waals surface area contributed by atoms with Gasteiger partial charge in [0, 0.05) is 19.6 Å². The van der Waals surface area contributed by atoms with E-state index in [1.165, 1.54) is 0 Å². The quantitative estimate of drug-likeness (QED) is 0.782. The molecule has 1 atom stereocenters. The van der Waals surface area contributed by atoms with Crippen LogP contribution in [0.5, 0.6) is 0 Å². The van der Waals surface area contributed by atoms with Gasteiger partial charge in [-0.2, -0.15) is 10.2 Å². The van der Waals surface area contributed by atoms with Gasteiger partial charge in [-0.25, -0.2) is 0 Å². The Balaban J connectivity index is 1.38. The van der Waals surface area contributed by atoms with Crippen molar-refractivity contribution in [3.05, 3.63) is 24.3 Å². The van der Waals surface area contributed by atoms with Crippen molar-refractivity contribution < 1.29 is 9.21 Å². The lowest BCUT2D eigenvalue weighted by atomic mass is 10.2. The Bertz CT molecular complexity index is 688. The Morgan fingerprint density at radius 3 is 3.13 bits per heavy atom. The number of benzene rings is 1. The fourth-order valence-corrected chi connectivity index (χ4v) is 2.70. The third kappa shape index (κ3) is 3.60. The number of anilines is 1. The van der Waals surface area contributed by atoms with Gasteiger partial charge in [0.1, 0.15) is 11.6 Å². The number of carbonyl (C=O) groups is 1. The topological polar surface area (TPSA) is 94.2 Å². The van der Waals surface area contributed by atoms with Crippen molar-refractivity contribution in [3.8, 4) is 6.07 Å². The molecule has 2 N–H and O–H groups in total. The maximum absolute atomic E-state index is 12.0. The van der Waals surface area contributed by atoms with E-state index in [-0.39, 0.29) is 18.5 Å². The Morgan fingerprint density at radius 1 is 1.43 bits per heavy atom. The lowest BCUT2D eigenvalue weighted by Gasteiger charge is -2.19. The summed E-state index contributed by atoms with van der Waals surface area (Å²) in [6.45, 7) is 2.13. The van der Waals surface area contributed by atoms with Gasteiger partial charge in [0.15, 0.2) is 5.58 Å². The third-order valence-electron chi connectivity index (χ3n) is 3.87.